The van der Waals surface area contributed by atoms with Crippen LogP contribution in [0, 0.1) is 6.92 Å². The Balaban J connectivity index is 0.000000215. The molecule has 0 fully saturated rings. The Bertz CT molecular complexity index is 1950. The van der Waals surface area contributed by atoms with Crippen molar-refractivity contribution in [1.82, 2.24) is 30.5 Å². The maximum absolute atomic E-state index is 13.0. The molecular weight excluding hydrogens is 613 g/mol. The van der Waals surface area contributed by atoms with Crippen molar-refractivity contribution in [2.45, 2.75) is 31.1 Å². The Labute approximate surface area is 255 Å². The van der Waals surface area contributed by atoms with E-state index in [1.165, 1.54) is 24.8 Å². The van der Waals surface area contributed by atoms with Gasteiger partial charge in [-0.25, -0.2) is 13.2 Å². The highest BCUT2D eigenvalue weighted by Crippen LogP contribution is 2.31. The van der Waals surface area contributed by atoms with Crippen molar-refractivity contribution in [3.8, 4) is 17.1 Å². The van der Waals surface area contributed by atoms with Crippen LogP contribution in [-0.2, 0) is 29.1 Å². The third-order valence-electron chi connectivity index (χ3n) is 6.55. The Kier molecular flexibility index (Phi) is 9.94. The molecule has 0 radical (unpaired) electrons. The normalized spacial score (nSPS) is 11.5. The van der Waals surface area contributed by atoms with Crippen molar-refractivity contribution in [2.75, 3.05) is 6.26 Å². The maximum atomic E-state index is 13.0. The van der Waals surface area contributed by atoms with E-state index in [9.17, 15) is 36.3 Å². The van der Waals surface area contributed by atoms with E-state index in [0.29, 0.717) is 4.90 Å². The van der Waals surface area contributed by atoms with Gasteiger partial charge in [-0.2, -0.15) is 18.4 Å². The lowest BCUT2D eigenvalue weighted by molar-refractivity contribution is -0.137. The van der Waals surface area contributed by atoms with Crippen LogP contribution < -0.4 is 10.9 Å². The van der Waals surface area contributed by atoms with Gasteiger partial charge in [0.15, 0.2) is 9.84 Å². The molecule has 0 amide bonds. The fraction of sp³-hybridized carbons (Fsp3) is 0.167. The summed E-state index contributed by atoms with van der Waals surface area (Å²) in [6.07, 6.45) is -3.40. The van der Waals surface area contributed by atoms with Crippen molar-refractivity contribution < 1.29 is 31.5 Å². The van der Waals surface area contributed by atoms with E-state index in [2.05, 4.69) is 38.1 Å². The van der Waals surface area contributed by atoms with Crippen LogP contribution in [0.1, 0.15) is 32.7 Å². The largest absolute Gasteiger partial charge is 0.477 e. The summed E-state index contributed by atoms with van der Waals surface area (Å²) >= 11 is 0. The summed E-state index contributed by atoms with van der Waals surface area (Å²) in [5.41, 5.74) is -0.0832. The first kappa shape index (κ1) is 32.8. The number of aromatic amines is 1. The molecule has 0 saturated heterocycles. The number of aromatic carboxylic acids is 1. The first-order valence-corrected chi connectivity index (χ1v) is 15.1. The molecule has 0 aliphatic rings. The van der Waals surface area contributed by atoms with Gasteiger partial charge in [0.1, 0.15) is 5.56 Å². The van der Waals surface area contributed by atoms with Crippen molar-refractivity contribution >= 4 is 15.8 Å². The lowest BCUT2D eigenvalue weighted by atomic mass is 10.1. The SMILES string of the molecule is CS(=O)(=O)c1ccc(CNCc2ccccc2)cc1.Cc1c(-c2nn[nH]n2)cc(C(=O)O)c(=O)n1-c1cccc(C(F)(F)F)c1. The summed E-state index contributed by atoms with van der Waals surface area (Å²) in [4.78, 5) is 24.3. The Morgan fingerprint density at radius 2 is 1.60 bits per heavy atom. The van der Waals surface area contributed by atoms with Gasteiger partial charge in [0.2, 0.25) is 5.82 Å². The zero-order valence-electron chi connectivity index (χ0n) is 23.9. The molecule has 5 rings (SSSR count). The van der Waals surface area contributed by atoms with E-state index >= 15 is 0 Å². The number of tetrazole rings is 1. The number of H-pyrrole nitrogens is 1. The number of alkyl halides is 3. The second-order valence-electron chi connectivity index (χ2n) is 9.79. The van der Waals surface area contributed by atoms with Crippen molar-refractivity contribution in [3.05, 3.63) is 123 Å². The van der Waals surface area contributed by atoms with Gasteiger partial charge in [-0.15, -0.1) is 10.2 Å². The van der Waals surface area contributed by atoms with Crippen molar-refractivity contribution in [2.24, 2.45) is 0 Å². The van der Waals surface area contributed by atoms with E-state index in [1.807, 2.05) is 30.3 Å². The Morgan fingerprint density at radius 1 is 0.956 bits per heavy atom. The van der Waals surface area contributed by atoms with Crippen LogP contribution >= 0.6 is 0 Å². The fourth-order valence-corrected chi connectivity index (χ4v) is 4.92. The molecule has 0 aliphatic heterocycles. The second kappa shape index (κ2) is 13.7. The number of carboxylic acid groups (broad SMARTS) is 1. The molecule has 3 N–H and O–H groups in total. The van der Waals surface area contributed by atoms with Gasteiger partial charge in [0, 0.05) is 36.3 Å². The van der Waals surface area contributed by atoms with Crippen LogP contribution in [0.5, 0.6) is 0 Å². The summed E-state index contributed by atoms with van der Waals surface area (Å²) in [5.74, 6) is -1.52. The molecule has 2 heterocycles. The van der Waals surface area contributed by atoms with Crippen LogP contribution in [0.15, 0.2) is 94.6 Å². The van der Waals surface area contributed by atoms with Crippen molar-refractivity contribution in [3.63, 3.8) is 0 Å². The highest BCUT2D eigenvalue weighted by Gasteiger charge is 2.31. The number of nitrogens with one attached hydrogen (secondary N) is 2. The number of aromatic nitrogens is 5. The molecule has 15 heteroatoms. The third kappa shape index (κ3) is 8.27. The van der Waals surface area contributed by atoms with Crippen LogP contribution in [0.4, 0.5) is 13.2 Å². The standard InChI is InChI=1S/C15H10F3N5O3.C15H17NO2S/c1-7-10(12-19-21-22-20-12)6-11(14(25)26)13(24)23(7)9-4-2-3-8(5-9)15(16,17)18;1-19(17,18)15-9-7-14(8-10-15)12-16-11-13-5-3-2-4-6-13/h2-6H,1H3,(H,25,26)(H,19,20,21,22);2-10,16H,11-12H2,1H3. The molecule has 0 aliphatic carbocycles. The maximum Gasteiger partial charge on any atom is 0.416 e. The molecule has 234 valence electrons. The van der Waals surface area contributed by atoms with Gasteiger partial charge in [-0.3, -0.25) is 9.36 Å². The number of pyridine rings is 1. The highest BCUT2D eigenvalue weighted by atomic mass is 32.2. The smallest absolute Gasteiger partial charge is 0.416 e. The molecule has 45 heavy (non-hydrogen) atoms. The minimum atomic E-state index is -4.62. The zero-order valence-corrected chi connectivity index (χ0v) is 24.7. The summed E-state index contributed by atoms with van der Waals surface area (Å²) in [7, 11) is -3.10. The predicted molar refractivity (Wildman–Crippen MR) is 158 cm³/mol. The summed E-state index contributed by atoms with van der Waals surface area (Å²) in [5, 5.41) is 25.6. The van der Waals surface area contributed by atoms with E-state index in [4.69, 9.17) is 0 Å². The van der Waals surface area contributed by atoms with Crippen LogP contribution in [0.3, 0.4) is 0 Å². The number of rotatable bonds is 8. The Hall–Kier alpha value is -5.15. The van der Waals surface area contributed by atoms with E-state index in [1.54, 1.807) is 12.1 Å². The van der Waals surface area contributed by atoms with Gasteiger partial charge in [0.25, 0.3) is 5.56 Å². The average molecular weight is 641 g/mol. The van der Waals surface area contributed by atoms with Crippen LogP contribution in [0.2, 0.25) is 0 Å². The van der Waals surface area contributed by atoms with Gasteiger partial charge in [-0.1, -0.05) is 48.5 Å². The van der Waals surface area contributed by atoms with Gasteiger partial charge in [-0.05, 0) is 59.7 Å². The van der Waals surface area contributed by atoms with E-state index in [-0.39, 0.29) is 22.8 Å². The summed E-state index contributed by atoms with van der Waals surface area (Å²) < 4.78 is 62.5. The second-order valence-corrected chi connectivity index (χ2v) is 11.8. The molecule has 0 atom stereocenters. The number of sulfone groups is 1. The average Bonchev–Trinajstić information content (AvgIpc) is 3.52. The molecule has 0 bridgehead atoms. The summed E-state index contributed by atoms with van der Waals surface area (Å²) in [6, 6.07) is 22.2. The lowest BCUT2D eigenvalue weighted by Gasteiger charge is -2.15. The number of hydrogen-bond donors (Lipinski definition) is 3. The fourth-order valence-electron chi connectivity index (χ4n) is 4.29. The zero-order chi connectivity index (χ0) is 32.8. The number of carbonyl (C=O) groups is 1. The summed E-state index contributed by atoms with van der Waals surface area (Å²) in [6.45, 7) is 2.96. The minimum Gasteiger partial charge on any atom is -0.477 e. The molecule has 3 aromatic carbocycles. The van der Waals surface area contributed by atoms with E-state index in [0.717, 1.165) is 47.5 Å². The van der Waals surface area contributed by atoms with Gasteiger partial charge < -0.3 is 10.4 Å². The molecular formula is C30H27F3N6O5S. The highest BCUT2D eigenvalue weighted by molar-refractivity contribution is 7.90. The predicted octanol–water partition coefficient (Wildman–Crippen LogP) is 4.42. The molecule has 0 saturated carbocycles. The van der Waals surface area contributed by atoms with E-state index < -0.39 is 38.7 Å². The van der Waals surface area contributed by atoms with Crippen LogP contribution in [-0.4, -0.2) is 50.9 Å². The monoisotopic (exact) mass is 640 g/mol. The molecule has 2 aromatic heterocycles. The molecule has 5 aromatic rings. The van der Waals surface area contributed by atoms with Gasteiger partial charge >= 0.3 is 12.1 Å². The third-order valence-corrected chi connectivity index (χ3v) is 7.68. The molecule has 0 spiro atoms. The lowest BCUT2D eigenvalue weighted by Crippen LogP contribution is -2.27. The minimum absolute atomic E-state index is 0.00530. The number of benzene rings is 3. The quantitative estimate of drug-likeness (QED) is 0.223. The number of nitrogens with zero attached hydrogens (tertiary/aromatic N) is 4. The topological polar surface area (TPSA) is 160 Å². The first-order valence-electron chi connectivity index (χ1n) is 13.2. The van der Waals surface area contributed by atoms with Crippen molar-refractivity contribution in [1.29, 1.82) is 0 Å². The number of hydrogen-bond acceptors (Lipinski definition) is 8. The first-order chi connectivity index (χ1) is 21.3. The molecule has 0 unspecified atom stereocenters. The Morgan fingerprint density at radius 3 is 2.16 bits per heavy atom. The van der Waals surface area contributed by atoms with Gasteiger partial charge in [0.05, 0.1) is 10.5 Å². The number of carboxylic acids is 1. The molecule has 11 nitrogen and oxygen atoms in total. The number of halogens is 3. The van der Waals surface area contributed by atoms with Crippen LogP contribution in [0.25, 0.3) is 17.1 Å².